The molecule has 1 heterocycles. The Morgan fingerprint density at radius 1 is 0.704 bits per heavy atom. The van der Waals surface area contributed by atoms with Gasteiger partial charge < -0.3 is 15.6 Å². The van der Waals surface area contributed by atoms with Crippen LogP contribution in [0.2, 0.25) is 0 Å². The molecule has 3 N–H and O–H groups in total. The van der Waals surface area contributed by atoms with Crippen LogP contribution in [0.15, 0.2) is 120 Å². The number of H-pyrrole nitrogens is 1. The van der Waals surface area contributed by atoms with Crippen molar-refractivity contribution in [1.82, 2.24) is 14.9 Å². The Labute approximate surface area is 304 Å². The van der Waals surface area contributed by atoms with Crippen LogP contribution in [0.1, 0.15) is 46.3 Å². The number of para-hydroxylation sites is 1. The predicted molar refractivity (Wildman–Crippen MR) is 193 cm³/mol. The van der Waals surface area contributed by atoms with E-state index in [1.165, 1.54) is 16.7 Å². The second-order valence-corrected chi connectivity index (χ2v) is 13.1. The number of aryl methyl sites for hydroxylation is 1. The van der Waals surface area contributed by atoms with Gasteiger partial charge in [0.25, 0.3) is 5.91 Å². The van der Waals surface area contributed by atoms with Crippen LogP contribution in [0.5, 0.6) is 0 Å². The molecule has 0 spiro atoms. The van der Waals surface area contributed by atoms with E-state index < -0.39 is 47.4 Å². The molecule has 6 aromatic rings. The van der Waals surface area contributed by atoms with E-state index >= 15 is 0 Å². The summed E-state index contributed by atoms with van der Waals surface area (Å²) in [7, 11) is 0. The van der Waals surface area contributed by atoms with Crippen LogP contribution in [0.25, 0.3) is 33.3 Å². The van der Waals surface area contributed by atoms with Gasteiger partial charge in [0.1, 0.15) is 12.0 Å². The lowest BCUT2D eigenvalue weighted by Crippen LogP contribution is -2.47. The third-order valence-electron chi connectivity index (χ3n) is 9.84. The zero-order valence-electron chi connectivity index (χ0n) is 28.4. The maximum absolute atomic E-state index is 13.8. The number of alkyl halides is 6. The molecule has 0 saturated carbocycles. The van der Waals surface area contributed by atoms with E-state index in [-0.39, 0.29) is 18.5 Å². The third-order valence-corrected chi connectivity index (χ3v) is 9.84. The molecule has 13 heteroatoms. The number of imidazole rings is 1. The summed E-state index contributed by atoms with van der Waals surface area (Å²) in [5, 5.41) is 4.95. The van der Waals surface area contributed by atoms with Crippen LogP contribution >= 0.6 is 0 Å². The van der Waals surface area contributed by atoms with Crippen LogP contribution in [0, 0.1) is 0 Å². The zero-order chi connectivity index (χ0) is 38.3. The van der Waals surface area contributed by atoms with Gasteiger partial charge in [-0.2, -0.15) is 26.3 Å². The van der Waals surface area contributed by atoms with Crippen molar-refractivity contribution in [3.63, 3.8) is 0 Å². The first-order valence-corrected chi connectivity index (χ1v) is 17.1. The minimum atomic E-state index is -4.60. The molecule has 0 fully saturated rings. The highest BCUT2D eigenvalue weighted by Crippen LogP contribution is 2.51. The van der Waals surface area contributed by atoms with Crippen LogP contribution in [-0.2, 0) is 22.9 Å². The molecule has 1 aromatic heterocycles. The fraction of sp³-hybridized carbons (Fsp3) is 0.195. The molecule has 0 unspecified atom stereocenters. The molecule has 0 aliphatic heterocycles. The van der Waals surface area contributed by atoms with E-state index in [0.29, 0.717) is 51.8 Å². The second kappa shape index (κ2) is 14.0. The molecular weight excluding hydrogens is 710 g/mol. The maximum Gasteiger partial charge on any atom is 0.416 e. The number of fused-ring (bicyclic) bond motifs is 4. The molecule has 1 aliphatic rings. The van der Waals surface area contributed by atoms with E-state index in [1.54, 1.807) is 66.7 Å². The van der Waals surface area contributed by atoms with Gasteiger partial charge in [-0.15, -0.1) is 0 Å². The van der Waals surface area contributed by atoms with Gasteiger partial charge >= 0.3 is 18.0 Å². The minimum Gasteiger partial charge on any atom is -0.346 e. The first-order valence-electron chi connectivity index (χ1n) is 17.1. The average molecular weight is 743 g/mol. The quantitative estimate of drug-likeness (QED) is 0.0966. The molecule has 2 amide bonds. The van der Waals surface area contributed by atoms with Crippen LogP contribution in [0.3, 0.4) is 0 Å². The monoisotopic (exact) mass is 742 g/mol. The number of nitrogens with one attached hydrogen (secondary N) is 3. The van der Waals surface area contributed by atoms with Gasteiger partial charge in [-0.25, -0.2) is 4.79 Å². The number of carbonyl (C=O) groups excluding carboxylic acids is 2. The summed E-state index contributed by atoms with van der Waals surface area (Å²) in [4.78, 5) is 43.5. The number of benzene rings is 5. The summed E-state index contributed by atoms with van der Waals surface area (Å²) in [5.74, 6) is -1.29. The summed E-state index contributed by atoms with van der Waals surface area (Å²) < 4.78 is 80.7. The first-order chi connectivity index (χ1) is 25.8. The average Bonchev–Trinajstić information content (AvgIpc) is 3.64. The number of unbranched alkanes of at least 4 members (excludes halogenated alkanes) is 1. The highest BCUT2D eigenvalue weighted by molar-refractivity contribution is 6.11. The van der Waals surface area contributed by atoms with E-state index in [2.05, 4.69) is 15.6 Å². The Kier molecular flexibility index (Phi) is 9.42. The van der Waals surface area contributed by atoms with E-state index in [4.69, 9.17) is 0 Å². The molecular formula is C41H32F6N4O3. The lowest BCUT2D eigenvalue weighted by atomic mass is 9.73. The van der Waals surface area contributed by atoms with E-state index in [9.17, 15) is 40.7 Å². The maximum atomic E-state index is 13.8. The number of carbonyl (C=O) groups is 2. The molecule has 54 heavy (non-hydrogen) atoms. The molecule has 0 atom stereocenters. The smallest absolute Gasteiger partial charge is 0.346 e. The normalized spacial score (nSPS) is 13.4. The Hall–Kier alpha value is -6.11. The van der Waals surface area contributed by atoms with Crippen molar-refractivity contribution in [2.45, 2.75) is 43.6 Å². The zero-order valence-corrected chi connectivity index (χ0v) is 28.4. The molecule has 1 aliphatic carbocycles. The first kappa shape index (κ1) is 36.3. The van der Waals surface area contributed by atoms with Crippen molar-refractivity contribution in [1.29, 1.82) is 0 Å². The van der Waals surface area contributed by atoms with Crippen molar-refractivity contribution in [2.24, 2.45) is 0 Å². The van der Waals surface area contributed by atoms with Crippen molar-refractivity contribution < 1.29 is 35.9 Å². The SMILES string of the molecule is O=C(Nc1cccc2c1[nH]c(=O)n2CCCCC1(C(=O)NCC(F)(F)F)c2ccccc2-c2ccccc21)c1ccccc1-c1ccc(C(F)(F)F)cc1. The number of halogens is 6. The Balaban J connectivity index is 1.11. The minimum absolute atomic E-state index is 0.182. The summed E-state index contributed by atoms with van der Waals surface area (Å²) in [5.41, 5.74) is 2.33. The number of nitrogens with zero attached hydrogens (tertiary/aromatic N) is 1. The van der Waals surface area contributed by atoms with Gasteiger partial charge in [-0.1, -0.05) is 84.9 Å². The van der Waals surface area contributed by atoms with Gasteiger partial charge in [0.05, 0.1) is 22.3 Å². The highest BCUT2D eigenvalue weighted by Gasteiger charge is 2.49. The van der Waals surface area contributed by atoms with Crippen molar-refractivity contribution in [3.8, 4) is 22.3 Å². The fourth-order valence-corrected chi connectivity index (χ4v) is 7.41. The number of aromatic nitrogens is 2. The Morgan fingerprint density at radius 3 is 1.94 bits per heavy atom. The standard InChI is InChI=1S/C41H32F6N4O3/c42-40(43,44)24-48-37(53)39(31-14-5-3-11-28(31)29-12-4-6-15-32(29)39)22-7-8-23-51-34-17-9-16-33(35(34)50-38(51)54)49-36(52)30-13-2-1-10-27(30)25-18-20-26(21-19-25)41(45,46)47/h1-6,9-21H,7-8,22-24H2,(H,48,53)(H,49,52)(H,50,54). The molecule has 276 valence electrons. The van der Waals surface area contributed by atoms with Gasteiger partial charge in [0.15, 0.2) is 0 Å². The molecule has 7 nitrogen and oxygen atoms in total. The van der Waals surface area contributed by atoms with Gasteiger partial charge in [0.2, 0.25) is 5.91 Å². The predicted octanol–water partition coefficient (Wildman–Crippen LogP) is 9.08. The number of hydrogen-bond acceptors (Lipinski definition) is 3. The molecule has 5 aromatic carbocycles. The summed E-state index contributed by atoms with van der Waals surface area (Å²) in [6, 6.07) is 30.3. The van der Waals surface area contributed by atoms with Crippen LogP contribution < -0.4 is 16.3 Å². The fourth-order valence-electron chi connectivity index (χ4n) is 7.41. The second-order valence-electron chi connectivity index (χ2n) is 13.1. The Bertz CT molecular complexity index is 2380. The van der Waals surface area contributed by atoms with Crippen molar-refractivity contribution in [3.05, 3.63) is 148 Å². The van der Waals surface area contributed by atoms with Crippen molar-refractivity contribution in [2.75, 3.05) is 11.9 Å². The molecule has 0 bridgehead atoms. The molecule has 0 saturated heterocycles. The summed E-state index contributed by atoms with van der Waals surface area (Å²) >= 11 is 0. The lowest BCUT2D eigenvalue weighted by molar-refractivity contribution is -0.141. The summed E-state index contributed by atoms with van der Waals surface area (Å²) in [6.45, 7) is -1.27. The molecule has 0 radical (unpaired) electrons. The van der Waals surface area contributed by atoms with Gasteiger partial charge in [-0.3, -0.25) is 14.2 Å². The number of aromatic amines is 1. The highest BCUT2D eigenvalue weighted by atomic mass is 19.4. The van der Waals surface area contributed by atoms with E-state index in [0.717, 1.165) is 23.3 Å². The van der Waals surface area contributed by atoms with Crippen LogP contribution in [-0.4, -0.2) is 34.1 Å². The largest absolute Gasteiger partial charge is 0.416 e. The summed E-state index contributed by atoms with van der Waals surface area (Å²) in [6.07, 6.45) is -8.16. The van der Waals surface area contributed by atoms with Gasteiger partial charge in [-0.05, 0) is 83.0 Å². The van der Waals surface area contributed by atoms with Crippen molar-refractivity contribution >= 4 is 28.5 Å². The number of anilines is 1. The van der Waals surface area contributed by atoms with Gasteiger partial charge in [0, 0.05) is 12.1 Å². The Morgan fingerprint density at radius 2 is 1.31 bits per heavy atom. The number of rotatable bonds is 10. The van der Waals surface area contributed by atoms with Crippen LogP contribution in [0.4, 0.5) is 32.0 Å². The number of hydrogen-bond donors (Lipinski definition) is 3. The lowest BCUT2D eigenvalue weighted by Gasteiger charge is -2.31. The van der Waals surface area contributed by atoms with E-state index in [1.807, 2.05) is 24.3 Å². The molecule has 7 rings (SSSR count). The number of amides is 2. The topological polar surface area (TPSA) is 96.0 Å². The third kappa shape index (κ3) is 6.77.